The van der Waals surface area contributed by atoms with Gasteiger partial charge in [-0.3, -0.25) is 24.5 Å². The lowest BCUT2D eigenvalue weighted by Crippen LogP contribution is -2.52. The van der Waals surface area contributed by atoms with Crippen LogP contribution in [0.4, 0.5) is 5.69 Å². The number of nitrogens with one attached hydrogen (secondary N) is 2. The highest BCUT2D eigenvalue weighted by Crippen LogP contribution is 2.36. The van der Waals surface area contributed by atoms with Crippen molar-refractivity contribution in [3.8, 4) is 11.5 Å². The van der Waals surface area contributed by atoms with E-state index < -0.39 is 11.9 Å². The Labute approximate surface area is 189 Å². The van der Waals surface area contributed by atoms with Crippen molar-refractivity contribution < 1.29 is 28.7 Å². The molecule has 0 aliphatic carbocycles. The second-order valence-corrected chi connectivity index (χ2v) is 8.06. The van der Waals surface area contributed by atoms with Crippen LogP contribution in [0.5, 0.6) is 11.5 Å². The van der Waals surface area contributed by atoms with Gasteiger partial charge in [0, 0.05) is 29.8 Å². The molecule has 5 rings (SSSR count). The topological polar surface area (TPSA) is 114 Å². The molecule has 0 aromatic heterocycles. The molecule has 33 heavy (non-hydrogen) atoms. The van der Waals surface area contributed by atoms with Crippen molar-refractivity contribution in [1.29, 1.82) is 0 Å². The molecular formula is C24H21N3O6. The number of benzene rings is 2. The molecular weight excluding hydrogens is 426 g/mol. The molecule has 0 radical (unpaired) electrons. The number of anilines is 1. The number of carbonyl (C=O) groups is 4. The minimum absolute atomic E-state index is 0.103. The van der Waals surface area contributed by atoms with Gasteiger partial charge in [0.15, 0.2) is 11.5 Å². The van der Waals surface area contributed by atoms with Crippen molar-refractivity contribution in [2.24, 2.45) is 0 Å². The largest absolute Gasteiger partial charge is 0.493 e. The molecule has 1 atom stereocenters. The molecule has 9 nitrogen and oxygen atoms in total. The first kappa shape index (κ1) is 20.7. The minimum atomic E-state index is -0.678. The number of hydrogen-bond donors (Lipinski definition) is 2. The Morgan fingerprint density at radius 2 is 2.06 bits per heavy atom. The van der Waals surface area contributed by atoms with Crippen molar-refractivity contribution in [3.63, 3.8) is 0 Å². The summed E-state index contributed by atoms with van der Waals surface area (Å²) in [6, 6.07) is 9.82. The smallest absolute Gasteiger partial charge is 0.255 e. The summed E-state index contributed by atoms with van der Waals surface area (Å²) in [4.78, 5) is 50.7. The maximum atomic E-state index is 12.8. The van der Waals surface area contributed by atoms with Crippen molar-refractivity contribution in [2.45, 2.75) is 25.4 Å². The predicted octanol–water partition coefficient (Wildman–Crippen LogP) is 1.87. The van der Waals surface area contributed by atoms with E-state index in [9.17, 15) is 19.2 Å². The lowest BCUT2D eigenvalue weighted by molar-refractivity contribution is -0.136. The first-order chi connectivity index (χ1) is 15.9. The maximum Gasteiger partial charge on any atom is 0.255 e. The van der Waals surface area contributed by atoms with E-state index in [0.717, 1.165) is 5.56 Å². The van der Waals surface area contributed by atoms with E-state index >= 15 is 0 Å². The second-order valence-electron chi connectivity index (χ2n) is 8.06. The third kappa shape index (κ3) is 3.71. The second kappa shape index (κ2) is 8.09. The van der Waals surface area contributed by atoms with E-state index in [1.807, 2.05) is 12.1 Å². The molecule has 3 aliphatic rings. The van der Waals surface area contributed by atoms with Crippen LogP contribution in [0.2, 0.25) is 0 Å². The normalized spacial score (nSPS) is 19.2. The van der Waals surface area contributed by atoms with E-state index in [2.05, 4.69) is 10.6 Å². The van der Waals surface area contributed by atoms with Crippen molar-refractivity contribution in [1.82, 2.24) is 10.2 Å². The molecule has 4 amide bonds. The molecule has 3 aliphatic heterocycles. The number of carbonyl (C=O) groups excluding carboxylic acids is 4. The first-order valence-electron chi connectivity index (χ1n) is 10.5. The quantitative estimate of drug-likeness (QED) is 0.692. The van der Waals surface area contributed by atoms with Crippen LogP contribution in [0.15, 0.2) is 42.0 Å². The van der Waals surface area contributed by atoms with E-state index in [-0.39, 0.29) is 37.3 Å². The van der Waals surface area contributed by atoms with Gasteiger partial charge >= 0.3 is 0 Å². The third-order valence-electron chi connectivity index (χ3n) is 6.00. The Balaban J connectivity index is 1.32. The van der Waals surface area contributed by atoms with Crippen LogP contribution >= 0.6 is 0 Å². The van der Waals surface area contributed by atoms with E-state index in [4.69, 9.17) is 9.47 Å². The van der Waals surface area contributed by atoms with Crippen LogP contribution in [0.3, 0.4) is 0 Å². The molecule has 9 heteroatoms. The average Bonchev–Trinajstić information content (AvgIpc) is 3.13. The van der Waals surface area contributed by atoms with Crippen LogP contribution in [0, 0.1) is 0 Å². The van der Waals surface area contributed by atoms with Crippen LogP contribution < -0.4 is 20.1 Å². The van der Waals surface area contributed by atoms with Gasteiger partial charge in [0.05, 0.1) is 12.7 Å². The fourth-order valence-electron chi connectivity index (χ4n) is 4.34. The molecule has 0 saturated carbocycles. The standard InChI is InChI=1S/C24H21N3O6/c1-32-19-4-2-3-13-9-15(12-33-21(13)19)22(29)25-16-5-6-17-14(10-16)11-27(24(17)31)18-7-8-20(28)26-23(18)30/h2-6,9-10,18H,7-8,11-12H2,1H3,(H,25,29)(H,26,28,30). The molecule has 2 aromatic rings. The lowest BCUT2D eigenvalue weighted by atomic mass is 10.0. The predicted molar refractivity (Wildman–Crippen MR) is 118 cm³/mol. The fraction of sp³-hybridized carbons (Fsp3) is 0.250. The Kier molecular flexibility index (Phi) is 5.08. The number of methoxy groups -OCH3 is 1. The summed E-state index contributed by atoms with van der Waals surface area (Å²) in [7, 11) is 1.56. The first-order valence-corrected chi connectivity index (χ1v) is 10.5. The van der Waals surface area contributed by atoms with E-state index in [1.165, 1.54) is 4.90 Å². The van der Waals surface area contributed by atoms with Gasteiger partial charge in [-0.1, -0.05) is 12.1 Å². The van der Waals surface area contributed by atoms with Crippen molar-refractivity contribution >= 4 is 35.4 Å². The number of ether oxygens (including phenoxy) is 2. The molecule has 168 valence electrons. The summed E-state index contributed by atoms with van der Waals surface area (Å²) in [5, 5.41) is 5.14. The van der Waals surface area contributed by atoms with Crippen molar-refractivity contribution in [3.05, 3.63) is 58.7 Å². The molecule has 0 spiro atoms. The summed E-state index contributed by atoms with van der Waals surface area (Å²) in [6.45, 7) is 0.342. The summed E-state index contributed by atoms with van der Waals surface area (Å²) in [6.07, 6.45) is 2.26. The number of nitrogens with zero attached hydrogens (tertiary/aromatic N) is 1. The van der Waals surface area contributed by atoms with Crippen LogP contribution in [0.1, 0.15) is 34.3 Å². The number of rotatable bonds is 4. The van der Waals surface area contributed by atoms with Gasteiger partial charge in [-0.25, -0.2) is 0 Å². The summed E-state index contributed by atoms with van der Waals surface area (Å²) in [5.74, 6) is -0.149. The number of hydrogen-bond acceptors (Lipinski definition) is 6. The van der Waals surface area contributed by atoms with Gasteiger partial charge in [0.25, 0.3) is 11.8 Å². The molecule has 2 aromatic carbocycles. The number of amides is 4. The zero-order valence-electron chi connectivity index (χ0n) is 17.8. The van der Waals surface area contributed by atoms with Crippen molar-refractivity contribution in [2.75, 3.05) is 19.0 Å². The molecule has 1 unspecified atom stereocenters. The van der Waals surface area contributed by atoms with Gasteiger partial charge in [0.1, 0.15) is 12.6 Å². The van der Waals surface area contributed by atoms with Gasteiger partial charge in [-0.05, 0) is 42.3 Å². The molecule has 2 N–H and O–H groups in total. The summed E-state index contributed by atoms with van der Waals surface area (Å²) in [5.41, 5.74) is 2.95. The zero-order chi connectivity index (χ0) is 23.1. The molecule has 1 fully saturated rings. The molecule has 0 bridgehead atoms. The lowest BCUT2D eigenvalue weighted by Gasteiger charge is -2.29. The average molecular weight is 447 g/mol. The highest BCUT2D eigenvalue weighted by molar-refractivity contribution is 6.09. The monoisotopic (exact) mass is 447 g/mol. The van der Waals surface area contributed by atoms with Gasteiger partial charge in [0.2, 0.25) is 11.8 Å². The van der Waals surface area contributed by atoms with E-state index in [0.29, 0.717) is 40.3 Å². The van der Waals surface area contributed by atoms with Gasteiger partial charge < -0.3 is 19.7 Å². The Morgan fingerprint density at radius 3 is 2.85 bits per heavy atom. The Hall–Kier alpha value is -4.14. The number of fused-ring (bicyclic) bond motifs is 2. The Morgan fingerprint density at radius 1 is 1.21 bits per heavy atom. The van der Waals surface area contributed by atoms with Crippen LogP contribution in [-0.4, -0.2) is 48.3 Å². The minimum Gasteiger partial charge on any atom is -0.493 e. The third-order valence-corrected chi connectivity index (χ3v) is 6.00. The highest BCUT2D eigenvalue weighted by Gasteiger charge is 2.39. The fourth-order valence-corrected chi connectivity index (χ4v) is 4.34. The molecule has 1 saturated heterocycles. The highest BCUT2D eigenvalue weighted by atomic mass is 16.5. The summed E-state index contributed by atoms with van der Waals surface area (Å²) >= 11 is 0. The number of imide groups is 1. The zero-order valence-corrected chi connectivity index (χ0v) is 17.8. The summed E-state index contributed by atoms with van der Waals surface area (Å²) < 4.78 is 11.0. The van der Waals surface area contributed by atoms with E-state index in [1.54, 1.807) is 37.5 Å². The van der Waals surface area contributed by atoms with Gasteiger partial charge in [-0.15, -0.1) is 0 Å². The molecule has 3 heterocycles. The Bertz CT molecular complexity index is 1230. The maximum absolute atomic E-state index is 12.8. The van der Waals surface area contributed by atoms with Crippen LogP contribution in [-0.2, 0) is 20.9 Å². The number of para-hydroxylation sites is 1. The van der Waals surface area contributed by atoms with Crippen LogP contribution in [0.25, 0.3) is 6.08 Å². The van der Waals surface area contributed by atoms with Gasteiger partial charge in [-0.2, -0.15) is 0 Å². The number of piperidine rings is 1. The SMILES string of the molecule is COc1cccc2c1OCC(C(=O)Nc1ccc3c(c1)CN(C1CCC(=O)NC1=O)C3=O)=C2.